The van der Waals surface area contributed by atoms with Gasteiger partial charge in [0.25, 0.3) is 0 Å². The van der Waals surface area contributed by atoms with E-state index in [4.69, 9.17) is 10.2 Å². The summed E-state index contributed by atoms with van der Waals surface area (Å²) in [5.41, 5.74) is 0. The zero-order chi connectivity index (χ0) is 13.5. The quantitative estimate of drug-likeness (QED) is 0.567. The second-order valence-corrected chi connectivity index (χ2v) is 6.06. The van der Waals surface area contributed by atoms with Crippen molar-refractivity contribution in [3.63, 3.8) is 0 Å². The fourth-order valence-electron chi connectivity index (χ4n) is 1.25. The first-order valence-corrected chi connectivity index (χ1v) is 6.95. The molecule has 0 aliphatic rings. The molecule has 0 bridgehead atoms. The van der Waals surface area contributed by atoms with Crippen LogP contribution in [-0.4, -0.2) is 66.6 Å². The Labute approximate surface area is 100.0 Å². The van der Waals surface area contributed by atoms with Crippen LogP contribution in [0.5, 0.6) is 0 Å². The highest BCUT2D eigenvalue weighted by Gasteiger charge is 2.14. The van der Waals surface area contributed by atoms with Gasteiger partial charge < -0.3 is 10.2 Å². The zero-order valence-electron chi connectivity index (χ0n) is 9.63. The Hall–Kier alpha value is -1.15. The number of nitrogens with zero attached hydrogens (tertiary/aromatic N) is 1. The Morgan fingerprint density at radius 3 is 1.94 bits per heavy atom. The minimum absolute atomic E-state index is 0.0326. The van der Waals surface area contributed by atoms with E-state index in [-0.39, 0.29) is 24.5 Å². The number of carboxylic acid groups (broad SMARTS) is 2. The topological polar surface area (TPSA) is 112 Å². The smallest absolute Gasteiger partial charge is 0.317 e. The van der Waals surface area contributed by atoms with E-state index < -0.39 is 34.9 Å². The number of sulfone groups is 1. The minimum Gasteiger partial charge on any atom is -0.480 e. The molecule has 7 nitrogen and oxygen atoms in total. The molecule has 0 rings (SSSR count). The van der Waals surface area contributed by atoms with E-state index in [2.05, 4.69) is 0 Å². The van der Waals surface area contributed by atoms with Gasteiger partial charge in [-0.1, -0.05) is 6.92 Å². The van der Waals surface area contributed by atoms with Gasteiger partial charge in [0.15, 0.2) is 0 Å². The maximum Gasteiger partial charge on any atom is 0.317 e. The first kappa shape index (κ1) is 15.9. The molecule has 2 N–H and O–H groups in total. The lowest BCUT2D eigenvalue weighted by molar-refractivity contribution is -0.141. The normalized spacial score (nSPS) is 11.6. The first-order valence-electron chi connectivity index (χ1n) is 5.13. The van der Waals surface area contributed by atoms with Crippen LogP contribution < -0.4 is 0 Å². The lowest BCUT2D eigenvalue weighted by Gasteiger charge is -2.17. The maximum atomic E-state index is 11.2. The van der Waals surface area contributed by atoms with Gasteiger partial charge in [0.2, 0.25) is 0 Å². The molecular formula is C9H17NO6S. The number of hydrogen-bond acceptors (Lipinski definition) is 5. The predicted octanol–water partition coefficient (Wildman–Crippen LogP) is -0.718. The van der Waals surface area contributed by atoms with Gasteiger partial charge in [0.05, 0.1) is 18.8 Å². The third-order valence-corrected chi connectivity index (χ3v) is 3.88. The summed E-state index contributed by atoms with van der Waals surface area (Å²) in [6, 6.07) is 0. The Morgan fingerprint density at radius 2 is 1.59 bits per heavy atom. The van der Waals surface area contributed by atoms with Crippen LogP contribution in [0.4, 0.5) is 0 Å². The molecule has 8 heteroatoms. The van der Waals surface area contributed by atoms with E-state index in [9.17, 15) is 18.0 Å². The van der Waals surface area contributed by atoms with Gasteiger partial charge in [0, 0.05) is 12.3 Å². The molecule has 0 spiro atoms. The molecule has 0 fully saturated rings. The molecule has 0 aromatic heterocycles. The van der Waals surface area contributed by atoms with E-state index in [1.165, 1.54) is 11.8 Å². The van der Waals surface area contributed by atoms with Crippen molar-refractivity contribution in [3.05, 3.63) is 0 Å². The van der Waals surface area contributed by atoms with Crippen molar-refractivity contribution in [2.24, 2.45) is 0 Å². The summed E-state index contributed by atoms with van der Waals surface area (Å²) in [7, 11) is -3.09. The molecule has 0 saturated heterocycles. The van der Waals surface area contributed by atoms with Crippen LogP contribution in [-0.2, 0) is 19.4 Å². The van der Waals surface area contributed by atoms with Crippen molar-refractivity contribution in [3.8, 4) is 0 Å². The monoisotopic (exact) mass is 267 g/mol. The molecule has 0 aromatic carbocycles. The zero-order valence-corrected chi connectivity index (χ0v) is 10.4. The highest BCUT2D eigenvalue weighted by atomic mass is 32.2. The van der Waals surface area contributed by atoms with Crippen LogP contribution in [0, 0.1) is 0 Å². The fourth-order valence-corrected chi connectivity index (χ4v) is 2.11. The third kappa shape index (κ3) is 8.64. The van der Waals surface area contributed by atoms with Crippen molar-refractivity contribution in [2.45, 2.75) is 13.3 Å². The molecular weight excluding hydrogens is 250 g/mol. The van der Waals surface area contributed by atoms with Crippen LogP contribution in [0.3, 0.4) is 0 Å². The van der Waals surface area contributed by atoms with Crippen molar-refractivity contribution >= 4 is 21.8 Å². The summed E-state index contributed by atoms with van der Waals surface area (Å²) in [5, 5.41) is 17.1. The van der Waals surface area contributed by atoms with E-state index in [1.807, 2.05) is 0 Å². The Morgan fingerprint density at radius 1 is 1.12 bits per heavy atom. The second kappa shape index (κ2) is 7.23. The molecule has 0 radical (unpaired) electrons. The molecule has 0 aromatic rings. The third-order valence-electron chi connectivity index (χ3n) is 2.09. The summed E-state index contributed by atoms with van der Waals surface area (Å²) in [5.74, 6) is -2.29. The van der Waals surface area contributed by atoms with Crippen LogP contribution in [0.1, 0.15) is 13.3 Å². The lowest BCUT2D eigenvalue weighted by atomic mass is 10.4. The molecule has 0 saturated carbocycles. The Kier molecular flexibility index (Phi) is 6.74. The van der Waals surface area contributed by atoms with E-state index in [0.717, 1.165) is 0 Å². The number of carboxylic acids is 2. The Bertz CT molecular complexity index is 348. The number of aliphatic carboxylic acids is 2. The van der Waals surface area contributed by atoms with Crippen molar-refractivity contribution in [1.29, 1.82) is 0 Å². The van der Waals surface area contributed by atoms with Crippen molar-refractivity contribution in [1.82, 2.24) is 4.90 Å². The number of hydrogen-bond donors (Lipinski definition) is 2. The van der Waals surface area contributed by atoms with Gasteiger partial charge in [-0.25, -0.2) is 8.42 Å². The average molecular weight is 267 g/mol. The van der Waals surface area contributed by atoms with Gasteiger partial charge in [0.1, 0.15) is 9.84 Å². The van der Waals surface area contributed by atoms with Gasteiger partial charge >= 0.3 is 11.9 Å². The molecule has 100 valence electrons. The summed E-state index contributed by atoms with van der Waals surface area (Å²) < 4.78 is 22.3. The molecule has 0 heterocycles. The van der Waals surface area contributed by atoms with Crippen LogP contribution in [0.15, 0.2) is 0 Å². The molecule has 0 aliphatic heterocycles. The number of rotatable bonds is 9. The van der Waals surface area contributed by atoms with Crippen molar-refractivity contribution < 1.29 is 28.2 Å². The van der Waals surface area contributed by atoms with Gasteiger partial charge in [-0.2, -0.15) is 0 Å². The van der Waals surface area contributed by atoms with Crippen molar-refractivity contribution in [2.75, 3.05) is 31.1 Å². The molecule has 0 atom stereocenters. The summed E-state index contributed by atoms with van der Waals surface area (Å²) in [4.78, 5) is 22.1. The van der Waals surface area contributed by atoms with Crippen LogP contribution >= 0.6 is 0 Å². The highest BCUT2D eigenvalue weighted by molar-refractivity contribution is 7.91. The first-order chi connectivity index (χ1) is 7.76. The van der Waals surface area contributed by atoms with E-state index in [0.29, 0.717) is 0 Å². The largest absolute Gasteiger partial charge is 0.480 e. The highest BCUT2D eigenvalue weighted by Crippen LogP contribution is 1.97. The fraction of sp³-hybridized carbons (Fsp3) is 0.778. The lowest BCUT2D eigenvalue weighted by Crippen LogP contribution is -2.35. The average Bonchev–Trinajstić information content (AvgIpc) is 2.15. The second-order valence-electron chi connectivity index (χ2n) is 3.59. The molecule has 17 heavy (non-hydrogen) atoms. The Balaban J connectivity index is 4.16. The summed E-state index contributed by atoms with van der Waals surface area (Å²) in [6.45, 7) is 0.858. The van der Waals surface area contributed by atoms with E-state index >= 15 is 0 Å². The summed E-state index contributed by atoms with van der Waals surface area (Å²) in [6.07, 6.45) is 0.233. The molecule has 0 aliphatic carbocycles. The summed E-state index contributed by atoms with van der Waals surface area (Å²) >= 11 is 0. The van der Waals surface area contributed by atoms with Gasteiger partial charge in [-0.05, 0) is 6.42 Å². The van der Waals surface area contributed by atoms with Gasteiger partial charge in [-0.3, -0.25) is 14.5 Å². The predicted molar refractivity (Wildman–Crippen MR) is 60.7 cm³/mol. The van der Waals surface area contributed by atoms with Gasteiger partial charge in [-0.15, -0.1) is 0 Å². The minimum atomic E-state index is -3.09. The van der Waals surface area contributed by atoms with Crippen LogP contribution in [0.25, 0.3) is 0 Å². The molecule has 0 unspecified atom stereocenters. The van der Waals surface area contributed by atoms with E-state index in [1.54, 1.807) is 0 Å². The standard InChI is InChI=1S/C9H17NO6S/c1-2-17(15,16)5-3-4-10(6-8(11)12)7-9(13)14/h2-7H2,1H3,(H,11,12)(H,13,14). The number of carbonyl (C=O) groups is 2. The molecule has 0 amide bonds. The van der Waals surface area contributed by atoms with Crippen LogP contribution in [0.2, 0.25) is 0 Å². The SMILES string of the molecule is CCS(=O)(=O)CCCN(CC(=O)O)CC(=O)O. The maximum absolute atomic E-state index is 11.2.